The van der Waals surface area contributed by atoms with Crippen LogP contribution in [0, 0.1) is 17.6 Å². The van der Waals surface area contributed by atoms with Gasteiger partial charge in [-0.2, -0.15) is 13.2 Å². The van der Waals surface area contributed by atoms with Crippen LogP contribution >= 0.6 is 22.9 Å². The molecule has 1 aromatic heterocycles. The summed E-state index contributed by atoms with van der Waals surface area (Å²) in [5.74, 6) is -2.99. The predicted octanol–water partition coefficient (Wildman–Crippen LogP) is 7.81. The standard InChI is InChI=1S/C32H28ClF5N4O4S/c33-11-10-28(43)39-20-6-4-18(5-7-20)30(45)42-31-41-25-15-23(35)26(16-27(25)47-31)46-21-8-9-22(34)24(14-21)40-29(44)13-17-2-1-3-19(12-17)32(36,37)38/h1-3,8-9,12,14-16,18,20H,4-7,10-11,13H2,(H,39,43)(H,40,44)(H,41,42,45). The molecule has 15 heteroatoms. The van der Waals surface area contributed by atoms with E-state index in [0.717, 1.165) is 41.7 Å². The fraction of sp³-hybridized carbons (Fsp3) is 0.312. The Labute approximate surface area is 274 Å². The van der Waals surface area contributed by atoms with E-state index in [1.165, 1.54) is 24.3 Å². The highest BCUT2D eigenvalue weighted by Gasteiger charge is 2.31. The molecule has 8 nitrogen and oxygen atoms in total. The van der Waals surface area contributed by atoms with E-state index in [4.69, 9.17) is 16.3 Å². The van der Waals surface area contributed by atoms with Gasteiger partial charge in [-0.15, -0.1) is 11.6 Å². The van der Waals surface area contributed by atoms with Crippen molar-refractivity contribution < 1.29 is 41.1 Å². The summed E-state index contributed by atoms with van der Waals surface area (Å²) in [6.07, 6.45) is -2.31. The lowest BCUT2D eigenvalue weighted by Crippen LogP contribution is -2.39. The second-order valence-corrected chi connectivity index (χ2v) is 12.4. The zero-order valence-electron chi connectivity index (χ0n) is 24.6. The second kappa shape index (κ2) is 14.6. The van der Waals surface area contributed by atoms with Crippen LogP contribution < -0.4 is 20.7 Å². The van der Waals surface area contributed by atoms with Crippen molar-refractivity contribution in [3.05, 3.63) is 77.4 Å². The van der Waals surface area contributed by atoms with Gasteiger partial charge in [0.2, 0.25) is 17.7 Å². The molecule has 5 rings (SSSR count). The molecule has 1 aliphatic rings. The molecule has 0 unspecified atom stereocenters. The number of hydrogen-bond donors (Lipinski definition) is 3. The summed E-state index contributed by atoms with van der Waals surface area (Å²) in [6, 6.07) is 10.1. The average Bonchev–Trinajstić information content (AvgIpc) is 3.39. The number of rotatable bonds is 10. The van der Waals surface area contributed by atoms with Gasteiger partial charge in [0.25, 0.3) is 0 Å². The molecule has 0 bridgehead atoms. The van der Waals surface area contributed by atoms with Gasteiger partial charge >= 0.3 is 6.18 Å². The number of ether oxygens (including phenoxy) is 1. The molecule has 3 N–H and O–H groups in total. The Morgan fingerprint density at radius 1 is 0.936 bits per heavy atom. The first-order valence-corrected chi connectivity index (χ1v) is 15.9. The number of aromatic nitrogens is 1. The van der Waals surface area contributed by atoms with E-state index >= 15 is 0 Å². The molecule has 1 fully saturated rings. The minimum absolute atomic E-state index is 0.00321. The lowest BCUT2D eigenvalue weighted by atomic mass is 9.85. The van der Waals surface area contributed by atoms with E-state index < -0.39 is 35.7 Å². The van der Waals surface area contributed by atoms with Crippen LogP contribution in [0.15, 0.2) is 54.6 Å². The molecule has 0 spiro atoms. The molecule has 1 aliphatic carbocycles. The largest absolute Gasteiger partial charge is 0.454 e. The monoisotopic (exact) mass is 694 g/mol. The molecule has 47 heavy (non-hydrogen) atoms. The molecule has 0 saturated heterocycles. The van der Waals surface area contributed by atoms with Crippen LogP contribution in [0.5, 0.6) is 11.5 Å². The van der Waals surface area contributed by atoms with Crippen LogP contribution in [0.25, 0.3) is 10.2 Å². The quantitative estimate of drug-likeness (QED) is 0.116. The summed E-state index contributed by atoms with van der Waals surface area (Å²) in [5.41, 5.74) is -0.863. The number of amides is 3. The Kier molecular flexibility index (Phi) is 10.6. The summed E-state index contributed by atoms with van der Waals surface area (Å²) in [7, 11) is 0. The number of nitrogens with zero attached hydrogens (tertiary/aromatic N) is 1. The number of carbonyl (C=O) groups excluding carboxylic acids is 3. The first-order valence-electron chi connectivity index (χ1n) is 14.6. The molecule has 3 amide bonds. The smallest absolute Gasteiger partial charge is 0.416 e. The van der Waals surface area contributed by atoms with Crippen molar-refractivity contribution >= 4 is 61.7 Å². The third-order valence-electron chi connectivity index (χ3n) is 7.52. The van der Waals surface area contributed by atoms with E-state index in [9.17, 15) is 36.3 Å². The maximum absolute atomic E-state index is 15.0. The van der Waals surface area contributed by atoms with Crippen molar-refractivity contribution in [3.8, 4) is 11.5 Å². The number of halogens is 6. The zero-order valence-corrected chi connectivity index (χ0v) is 26.1. The van der Waals surface area contributed by atoms with Gasteiger partial charge in [0.15, 0.2) is 16.7 Å². The van der Waals surface area contributed by atoms with Crippen molar-refractivity contribution in [2.45, 2.75) is 50.7 Å². The van der Waals surface area contributed by atoms with E-state index in [-0.39, 0.29) is 69.5 Å². The highest BCUT2D eigenvalue weighted by molar-refractivity contribution is 7.22. The Morgan fingerprint density at radius 2 is 1.70 bits per heavy atom. The van der Waals surface area contributed by atoms with Crippen LogP contribution in [-0.2, 0) is 27.0 Å². The molecule has 0 aliphatic heterocycles. The molecule has 0 atom stereocenters. The van der Waals surface area contributed by atoms with Gasteiger partial charge < -0.3 is 20.7 Å². The van der Waals surface area contributed by atoms with Crippen molar-refractivity contribution in [2.75, 3.05) is 16.5 Å². The lowest BCUT2D eigenvalue weighted by Gasteiger charge is -2.28. The van der Waals surface area contributed by atoms with Crippen molar-refractivity contribution in [1.82, 2.24) is 10.3 Å². The lowest BCUT2D eigenvalue weighted by molar-refractivity contribution is -0.137. The van der Waals surface area contributed by atoms with Gasteiger partial charge in [-0.05, 0) is 49.4 Å². The third-order valence-corrected chi connectivity index (χ3v) is 8.64. The van der Waals surface area contributed by atoms with Crippen molar-refractivity contribution in [2.24, 2.45) is 5.92 Å². The number of carbonyl (C=O) groups is 3. The maximum atomic E-state index is 15.0. The summed E-state index contributed by atoms with van der Waals surface area (Å²) in [5, 5.41) is 8.29. The van der Waals surface area contributed by atoms with Gasteiger partial charge in [-0.1, -0.05) is 29.5 Å². The summed E-state index contributed by atoms with van der Waals surface area (Å²) in [6.45, 7) is 0. The Morgan fingerprint density at radius 3 is 2.43 bits per heavy atom. The van der Waals surface area contributed by atoms with Gasteiger partial charge in [-0.25, -0.2) is 13.8 Å². The fourth-order valence-electron chi connectivity index (χ4n) is 5.18. The average molecular weight is 695 g/mol. The highest BCUT2D eigenvalue weighted by atomic mass is 35.5. The Balaban J connectivity index is 1.21. The summed E-state index contributed by atoms with van der Waals surface area (Å²) < 4.78 is 74.6. The van der Waals surface area contributed by atoms with Gasteiger partial charge in [0, 0.05) is 42.5 Å². The fourth-order valence-corrected chi connectivity index (χ4v) is 6.23. The minimum Gasteiger partial charge on any atom is -0.454 e. The molecular weight excluding hydrogens is 667 g/mol. The van der Waals surface area contributed by atoms with Crippen LogP contribution in [0.1, 0.15) is 43.2 Å². The number of alkyl halides is 4. The number of hydrogen-bond acceptors (Lipinski definition) is 6. The van der Waals surface area contributed by atoms with E-state index in [1.54, 1.807) is 0 Å². The van der Waals surface area contributed by atoms with Gasteiger partial charge in [-0.3, -0.25) is 14.4 Å². The first kappa shape index (κ1) is 34.0. The van der Waals surface area contributed by atoms with Gasteiger partial charge in [0.05, 0.1) is 27.9 Å². The normalized spacial score (nSPS) is 16.5. The first-order chi connectivity index (χ1) is 22.4. The predicted molar refractivity (Wildman–Crippen MR) is 168 cm³/mol. The van der Waals surface area contributed by atoms with E-state index in [1.807, 2.05) is 0 Å². The molecule has 1 heterocycles. The van der Waals surface area contributed by atoms with E-state index in [0.29, 0.717) is 30.4 Å². The SMILES string of the molecule is O=C(Cc1cccc(C(F)(F)F)c1)Nc1cc(Oc2cc3sc(NC(=O)C4CCC(NC(=O)CCCl)CC4)nc3cc2F)ccc1F. The number of anilines is 2. The minimum atomic E-state index is -4.58. The maximum Gasteiger partial charge on any atom is 0.416 e. The van der Waals surface area contributed by atoms with Crippen molar-refractivity contribution in [1.29, 1.82) is 0 Å². The molecule has 3 aromatic carbocycles. The number of nitrogens with one attached hydrogen (secondary N) is 3. The molecule has 0 radical (unpaired) electrons. The van der Waals surface area contributed by atoms with E-state index in [2.05, 4.69) is 20.9 Å². The van der Waals surface area contributed by atoms with Crippen LogP contribution in [0.4, 0.5) is 32.8 Å². The molecular formula is C32H28ClF5N4O4S. The summed E-state index contributed by atoms with van der Waals surface area (Å²) >= 11 is 6.71. The Bertz CT molecular complexity index is 1790. The zero-order chi connectivity index (χ0) is 33.7. The van der Waals surface area contributed by atoms with Crippen LogP contribution in [0.2, 0.25) is 0 Å². The number of benzene rings is 3. The molecule has 248 valence electrons. The third kappa shape index (κ3) is 8.95. The topological polar surface area (TPSA) is 109 Å². The highest BCUT2D eigenvalue weighted by Crippen LogP contribution is 2.36. The molecule has 1 saturated carbocycles. The van der Waals surface area contributed by atoms with Crippen LogP contribution in [0.3, 0.4) is 0 Å². The number of thiazole rings is 1. The van der Waals surface area contributed by atoms with Crippen LogP contribution in [-0.4, -0.2) is 34.6 Å². The summed E-state index contributed by atoms with van der Waals surface area (Å²) in [4.78, 5) is 41.5. The molecule has 4 aromatic rings. The second-order valence-electron chi connectivity index (χ2n) is 11.0. The van der Waals surface area contributed by atoms with Gasteiger partial charge in [0.1, 0.15) is 11.6 Å². The number of fused-ring (bicyclic) bond motifs is 1. The van der Waals surface area contributed by atoms with Crippen molar-refractivity contribution in [3.63, 3.8) is 0 Å². The Hall–Kier alpha value is -4.30.